The van der Waals surface area contributed by atoms with Crippen molar-refractivity contribution in [3.05, 3.63) is 24.3 Å². The number of benzene rings is 1. The fourth-order valence-electron chi connectivity index (χ4n) is 2.17. The molecule has 0 fully saturated rings. The molecule has 0 aliphatic carbocycles. The molecular formula is C18H30N4O3. The van der Waals surface area contributed by atoms with E-state index in [4.69, 9.17) is 4.74 Å². The second kappa shape index (κ2) is 9.76. The van der Waals surface area contributed by atoms with E-state index in [-0.39, 0.29) is 6.03 Å². The molecular weight excluding hydrogens is 320 g/mol. The monoisotopic (exact) mass is 350 g/mol. The summed E-state index contributed by atoms with van der Waals surface area (Å²) in [7, 11) is 0. The fraction of sp³-hybridized carbons (Fsp3) is 0.556. The van der Waals surface area contributed by atoms with E-state index in [0.29, 0.717) is 18.8 Å². The molecule has 0 heterocycles. The number of carbonyl (C=O) groups is 2. The second-order valence-corrected chi connectivity index (χ2v) is 6.53. The Bertz CT molecular complexity index is 548. The van der Waals surface area contributed by atoms with Gasteiger partial charge in [-0.2, -0.15) is 0 Å². The van der Waals surface area contributed by atoms with Gasteiger partial charge in [-0.3, -0.25) is 0 Å². The first-order valence-electron chi connectivity index (χ1n) is 8.62. The maximum absolute atomic E-state index is 11.8. The molecule has 0 bridgehead atoms. The van der Waals surface area contributed by atoms with Gasteiger partial charge in [0.2, 0.25) is 0 Å². The van der Waals surface area contributed by atoms with Gasteiger partial charge in [-0.05, 0) is 58.9 Å². The van der Waals surface area contributed by atoms with E-state index in [1.165, 1.54) is 0 Å². The topological polar surface area (TPSA) is 82.7 Å². The van der Waals surface area contributed by atoms with E-state index in [0.717, 1.165) is 18.8 Å². The summed E-state index contributed by atoms with van der Waals surface area (Å²) in [6, 6.07) is 7.37. The lowest BCUT2D eigenvalue weighted by Crippen LogP contribution is -2.39. The van der Waals surface area contributed by atoms with Crippen molar-refractivity contribution in [2.75, 3.05) is 36.4 Å². The van der Waals surface area contributed by atoms with Gasteiger partial charge in [0.15, 0.2) is 0 Å². The number of amides is 3. The zero-order valence-corrected chi connectivity index (χ0v) is 15.8. The van der Waals surface area contributed by atoms with Crippen molar-refractivity contribution < 1.29 is 14.3 Å². The highest BCUT2D eigenvalue weighted by molar-refractivity contribution is 5.89. The standard InChI is InChI=1S/C18H30N4O3/c1-6-22(7-2)15-10-8-14(9-11-15)21-16(23)19-12-13-20-17(24)25-18(3,4)5/h8-11H,6-7,12-13H2,1-5H3,(H,20,24)(H2,19,21,23). The summed E-state index contributed by atoms with van der Waals surface area (Å²) in [5.74, 6) is 0. The molecule has 0 aromatic heterocycles. The third-order valence-corrected chi connectivity index (χ3v) is 3.33. The normalized spacial score (nSPS) is 10.8. The average molecular weight is 350 g/mol. The molecule has 1 rings (SSSR count). The van der Waals surface area contributed by atoms with Crippen LogP contribution in [0.4, 0.5) is 21.0 Å². The van der Waals surface area contributed by atoms with Crippen molar-refractivity contribution in [2.24, 2.45) is 0 Å². The van der Waals surface area contributed by atoms with E-state index in [2.05, 4.69) is 34.7 Å². The molecule has 7 heteroatoms. The molecule has 0 aliphatic heterocycles. The van der Waals surface area contributed by atoms with Crippen LogP contribution in [0.2, 0.25) is 0 Å². The van der Waals surface area contributed by atoms with Gasteiger partial charge in [0.05, 0.1) is 0 Å². The van der Waals surface area contributed by atoms with Crippen molar-refractivity contribution in [3.63, 3.8) is 0 Å². The van der Waals surface area contributed by atoms with Crippen LogP contribution in [-0.2, 0) is 4.74 Å². The van der Waals surface area contributed by atoms with E-state index in [1.807, 2.05) is 24.3 Å². The summed E-state index contributed by atoms with van der Waals surface area (Å²) < 4.78 is 5.11. The van der Waals surface area contributed by atoms with Gasteiger partial charge in [-0.15, -0.1) is 0 Å². The Hall–Kier alpha value is -2.44. The summed E-state index contributed by atoms with van der Waals surface area (Å²) in [5.41, 5.74) is 1.30. The highest BCUT2D eigenvalue weighted by Crippen LogP contribution is 2.17. The highest BCUT2D eigenvalue weighted by Gasteiger charge is 2.15. The largest absolute Gasteiger partial charge is 0.444 e. The Morgan fingerprint density at radius 1 is 1.00 bits per heavy atom. The van der Waals surface area contributed by atoms with Crippen molar-refractivity contribution in [3.8, 4) is 0 Å². The van der Waals surface area contributed by atoms with Crippen LogP contribution >= 0.6 is 0 Å². The molecule has 1 aromatic rings. The smallest absolute Gasteiger partial charge is 0.407 e. The predicted molar refractivity (Wildman–Crippen MR) is 101 cm³/mol. The Kier molecular flexibility index (Phi) is 8.04. The minimum absolute atomic E-state index is 0.295. The van der Waals surface area contributed by atoms with E-state index in [1.54, 1.807) is 20.8 Å². The number of carbonyl (C=O) groups excluding carboxylic acids is 2. The Labute approximate surface area is 150 Å². The van der Waals surface area contributed by atoms with Crippen LogP contribution < -0.4 is 20.9 Å². The molecule has 0 unspecified atom stereocenters. The summed E-state index contributed by atoms with van der Waals surface area (Å²) in [6.45, 7) is 12.1. The van der Waals surface area contributed by atoms with Crippen LogP contribution in [0.1, 0.15) is 34.6 Å². The minimum Gasteiger partial charge on any atom is -0.444 e. The van der Waals surface area contributed by atoms with Crippen molar-refractivity contribution in [2.45, 2.75) is 40.2 Å². The Balaban J connectivity index is 2.31. The van der Waals surface area contributed by atoms with Crippen LogP contribution in [0.3, 0.4) is 0 Å². The fourth-order valence-corrected chi connectivity index (χ4v) is 2.17. The number of ether oxygens (including phenoxy) is 1. The summed E-state index contributed by atoms with van der Waals surface area (Å²) in [4.78, 5) is 25.5. The maximum Gasteiger partial charge on any atom is 0.407 e. The molecule has 0 spiro atoms. The highest BCUT2D eigenvalue weighted by atomic mass is 16.6. The quantitative estimate of drug-likeness (QED) is 0.660. The van der Waals surface area contributed by atoms with E-state index >= 15 is 0 Å². The van der Waals surface area contributed by atoms with Gasteiger partial charge in [0.25, 0.3) is 0 Å². The number of hydrogen-bond donors (Lipinski definition) is 3. The molecule has 0 atom stereocenters. The van der Waals surface area contributed by atoms with E-state index < -0.39 is 11.7 Å². The summed E-state index contributed by atoms with van der Waals surface area (Å²) in [6.07, 6.45) is -0.498. The molecule has 25 heavy (non-hydrogen) atoms. The third kappa shape index (κ3) is 8.28. The predicted octanol–water partition coefficient (Wildman–Crippen LogP) is 3.18. The van der Waals surface area contributed by atoms with Crippen molar-refractivity contribution >= 4 is 23.5 Å². The zero-order chi connectivity index (χ0) is 18.9. The molecule has 3 N–H and O–H groups in total. The average Bonchev–Trinajstić information content (AvgIpc) is 2.53. The van der Waals surface area contributed by atoms with Gasteiger partial charge >= 0.3 is 12.1 Å². The molecule has 0 saturated heterocycles. The number of alkyl carbamates (subject to hydrolysis) is 1. The molecule has 0 saturated carbocycles. The van der Waals surface area contributed by atoms with E-state index in [9.17, 15) is 9.59 Å². The summed E-state index contributed by atoms with van der Waals surface area (Å²) in [5, 5.41) is 8.02. The molecule has 3 amide bonds. The lowest BCUT2D eigenvalue weighted by Gasteiger charge is -2.21. The zero-order valence-electron chi connectivity index (χ0n) is 15.8. The molecule has 140 valence electrons. The van der Waals surface area contributed by atoms with Crippen molar-refractivity contribution in [1.29, 1.82) is 0 Å². The van der Waals surface area contributed by atoms with Crippen LogP contribution in [0.25, 0.3) is 0 Å². The minimum atomic E-state index is -0.536. The summed E-state index contributed by atoms with van der Waals surface area (Å²) >= 11 is 0. The van der Waals surface area contributed by atoms with Gasteiger partial charge in [-0.1, -0.05) is 0 Å². The number of urea groups is 1. The lowest BCUT2D eigenvalue weighted by molar-refractivity contribution is 0.0528. The number of nitrogens with zero attached hydrogens (tertiary/aromatic N) is 1. The first-order chi connectivity index (χ1) is 11.7. The van der Waals surface area contributed by atoms with Crippen LogP contribution in [0, 0.1) is 0 Å². The van der Waals surface area contributed by atoms with Gasteiger partial charge in [0.1, 0.15) is 5.60 Å². The number of anilines is 2. The Morgan fingerprint density at radius 3 is 2.08 bits per heavy atom. The van der Waals surface area contributed by atoms with Crippen LogP contribution in [0.5, 0.6) is 0 Å². The van der Waals surface area contributed by atoms with Crippen LogP contribution in [0.15, 0.2) is 24.3 Å². The first kappa shape index (κ1) is 20.6. The number of rotatable bonds is 7. The molecule has 0 aliphatic rings. The van der Waals surface area contributed by atoms with Gasteiger partial charge < -0.3 is 25.6 Å². The lowest BCUT2D eigenvalue weighted by atomic mass is 10.2. The SMILES string of the molecule is CCN(CC)c1ccc(NC(=O)NCCNC(=O)OC(C)(C)C)cc1. The van der Waals surface area contributed by atoms with Crippen LogP contribution in [-0.4, -0.2) is 43.9 Å². The number of nitrogens with one attached hydrogen (secondary N) is 3. The Morgan fingerprint density at radius 2 is 1.56 bits per heavy atom. The van der Waals surface area contributed by atoms with Gasteiger partial charge in [0, 0.05) is 37.6 Å². The van der Waals surface area contributed by atoms with Gasteiger partial charge in [-0.25, -0.2) is 9.59 Å². The molecule has 0 radical (unpaired) electrons. The molecule has 7 nitrogen and oxygen atoms in total. The first-order valence-corrected chi connectivity index (χ1v) is 8.62. The second-order valence-electron chi connectivity index (χ2n) is 6.53. The van der Waals surface area contributed by atoms with Crippen molar-refractivity contribution in [1.82, 2.24) is 10.6 Å². The third-order valence-electron chi connectivity index (χ3n) is 3.33. The molecule has 1 aromatic carbocycles. The number of hydrogen-bond acceptors (Lipinski definition) is 4. The maximum atomic E-state index is 11.8.